The van der Waals surface area contributed by atoms with Crippen LogP contribution in [0.15, 0.2) is 12.1 Å². The fourth-order valence-electron chi connectivity index (χ4n) is 2.95. The molecule has 1 aromatic heterocycles. The summed E-state index contributed by atoms with van der Waals surface area (Å²) in [6.07, 6.45) is 2.06. The van der Waals surface area contributed by atoms with Gasteiger partial charge < -0.3 is 10.0 Å². The highest BCUT2D eigenvalue weighted by Gasteiger charge is 2.47. The molecule has 112 valence electrons. The van der Waals surface area contributed by atoms with Crippen LogP contribution >= 0.6 is 11.3 Å². The Morgan fingerprint density at radius 1 is 1.33 bits per heavy atom. The average Bonchev–Trinajstić information content (AvgIpc) is 3.01. The lowest BCUT2D eigenvalue weighted by atomic mass is 9.92. The van der Waals surface area contributed by atoms with Crippen molar-refractivity contribution in [1.29, 1.82) is 0 Å². The molecule has 2 heterocycles. The van der Waals surface area contributed by atoms with Gasteiger partial charge in [-0.25, -0.2) is 0 Å². The molecule has 1 aliphatic heterocycles. The molecule has 1 saturated carbocycles. The number of carboxylic acid groups (broad SMARTS) is 1. The van der Waals surface area contributed by atoms with Crippen LogP contribution in [-0.4, -0.2) is 39.9 Å². The van der Waals surface area contributed by atoms with E-state index in [0.717, 1.165) is 24.2 Å². The minimum Gasteiger partial charge on any atom is -0.481 e. The van der Waals surface area contributed by atoms with Crippen LogP contribution in [0.25, 0.3) is 0 Å². The second kappa shape index (κ2) is 5.10. The zero-order valence-corrected chi connectivity index (χ0v) is 11.9. The van der Waals surface area contributed by atoms with Crippen LogP contribution in [0.1, 0.15) is 22.5 Å². The largest absolute Gasteiger partial charge is 0.481 e. The van der Waals surface area contributed by atoms with E-state index >= 15 is 0 Å². The number of likely N-dealkylation sites (tertiary alicyclic amines) is 1. The van der Waals surface area contributed by atoms with Crippen LogP contribution in [0, 0.1) is 27.9 Å². The number of carboxylic acids is 1. The number of thiophene rings is 1. The third-order valence-electron chi connectivity index (χ3n) is 4.18. The normalized spacial score (nSPS) is 25.0. The molecule has 1 amide bonds. The highest BCUT2D eigenvalue weighted by Crippen LogP contribution is 2.44. The van der Waals surface area contributed by atoms with E-state index in [0.29, 0.717) is 17.3 Å². The summed E-state index contributed by atoms with van der Waals surface area (Å²) in [6.45, 7) is 0.632. The maximum absolute atomic E-state index is 12.4. The van der Waals surface area contributed by atoms with Crippen LogP contribution in [0.4, 0.5) is 5.00 Å². The lowest BCUT2D eigenvalue weighted by molar-refractivity contribution is -0.380. The standard InChI is InChI=1S/C13H14N2O5S/c16-12(10-3-4-11(21-10)15(19)20)14-5-8(7-1-2-7)9(6-14)13(17)18/h3-4,7-9H,1-2,5-6H2,(H,17,18)/t8-,9+/m1/s1. The van der Waals surface area contributed by atoms with Crippen molar-refractivity contribution in [2.24, 2.45) is 17.8 Å². The maximum atomic E-state index is 12.4. The Hall–Kier alpha value is -1.96. The van der Waals surface area contributed by atoms with Crippen LogP contribution < -0.4 is 0 Å². The quantitative estimate of drug-likeness (QED) is 0.675. The van der Waals surface area contributed by atoms with Crippen molar-refractivity contribution in [1.82, 2.24) is 4.90 Å². The van der Waals surface area contributed by atoms with Gasteiger partial charge in [-0.2, -0.15) is 0 Å². The van der Waals surface area contributed by atoms with Gasteiger partial charge in [-0.1, -0.05) is 11.3 Å². The first kappa shape index (κ1) is 14.0. The SMILES string of the molecule is O=C(O)[C@H]1CN(C(=O)c2ccc([N+](=O)[O-])s2)C[C@@H]1C1CC1. The number of nitro groups is 1. The number of carbonyl (C=O) groups is 2. The van der Waals surface area contributed by atoms with Gasteiger partial charge in [0.05, 0.1) is 15.7 Å². The smallest absolute Gasteiger partial charge is 0.324 e. The minimum atomic E-state index is -0.862. The minimum absolute atomic E-state index is 0.0152. The van der Waals surface area contributed by atoms with Gasteiger partial charge in [-0.3, -0.25) is 19.7 Å². The summed E-state index contributed by atoms with van der Waals surface area (Å²) in [4.78, 5) is 35.6. The fourth-order valence-corrected chi connectivity index (χ4v) is 3.74. The third-order valence-corrected chi connectivity index (χ3v) is 5.20. The predicted octanol–water partition coefficient (Wildman–Crippen LogP) is 1.84. The van der Waals surface area contributed by atoms with E-state index in [9.17, 15) is 24.8 Å². The Morgan fingerprint density at radius 3 is 2.57 bits per heavy atom. The zero-order chi connectivity index (χ0) is 15.1. The van der Waals surface area contributed by atoms with E-state index in [1.54, 1.807) is 0 Å². The monoisotopic (exact) mass is 310 g/mol. The number of hydrogen-bond donors (Lipinski definition) is 1. The lowest BCUT2D eigenvalue weighted by Crippen LogP contribution is -2.29. The summed E-state index contributed by atoms with van der Waals surface area (Å²) >= 11 is 0.833. The number of aliphatic carboxylic acids is 1. The van der Waals surface area contributed by atoms with Crippen molar-refractivity contribution in [3.63, 3.8) is 0 Å². The van der Waals surface area contributed by atoms with Gasteiger partial charge in [0.1, 0.15) is 0 Å². The van der Waals surface area contributed by atoms with Gasteiger partial charge in [-0.05, 0) is 30.7 Å². The highest BCUT2D eigenvalue weighted by atomic mass is 32.1. The van der Waals surface area contributed by atoms with Crippen LogP contribution in [-0.2, 0) is 4.79 Å². The van der Waals surface area contributed by atoms with Crippen LogP contribution in [0.2, 0.25) is 0 Å². The van der Waals surface area contributed by atoms with Gasteiger partial charge in [0.25, 0.3) is 5.91 Å². The Balaban J connectivity index is 1.75. The summed E-state index contributed by atoms with van der Waals surface area (Å²) in [7, 11) is 0. The first-order chi connectivity index (χ1) is 9.97. The maximum Gasteiger partial charge on any atom is 0.324 e. The number of carbonyl (C=O) groups excluding carboxylic acids is 1. The summed E-state index contributed by atoms with van der Waals surface area (Å²) < 4.78 is 0. The van der Waals surface area contributed by atoms with E-state index in [-0.39, 0.29) is 23.4 Å². The van der Waals surface area contributed by atoms with Gasteiger partial charge in [0, 0.05) is 19.2 Å². The molecule has 0 aromatic carbocycles. The molecule has 1 N–H and O–H groups in total. The summed E-state index contributed by atoms with van der Waals surface area (Å²) in [5.41, 5.74) is 0. The van der Waals surface area contributed by atoms with E-state index < -0.39 is 16.8 Å². The van der Waals surface area contributed by atoms with Crippen LogP contribution in [0.3, 0.4) is 0 Å². The van der Waals surface area contributed by atoms with Crippen molar-refractivity contribution in [2.45, 2.75) is 12.8 Å². The molecule has 0 unspecified atom stereocenters. The van der Waals surface area contributed by atoms with Crippen molar-refractivity contribution >= 4 is 28.2 Å². The van der Waals surface area contributed by atoms with Crippen molar-refractivity contribution < 1.29 is 19.6 Å². The Labute approximate surface area is 124 Å². The first-order valence-corrected chi connectivity index (χ1v) is 7.55. The highest BCUT2D eigenvalue weighted by molar-refractivity contribution is 7.17. The molecule has 1 saturated heterocycles. The molecule has 7 nitrogen and oxygen atoms in total. The molecule has 21 heavy (non-hydrogen) atoms. The molecule has 0 bridgehead atoms. The molecular formula is C13H14N2O5S. The number of hydrogen-bond acceptors (Lipinski definition) is 5. The van der Waals surface area contributed by atoms with Crippen molar-refractivity contribution in [3.8, 4) is 0 Å². The summed E-state index contributed by atoms with van der Waals surface area (Å²) in [5, 5.41) is 19.9. The topological polar surface area (TPSA) is 101 Å². The molecule has 2 atom stereocenters. The molecule has 1 aromatic rings. The molecule has 2 fully saturated rings. The van der Waals surface area contributed by atoms with E-state index in [2.05, 4.69) is 0 Å². The van der Waals surface area contributed by atoms with E-state index in [4.69, 9.17) is 0 Å². The van der Waals surface area contributed by atoms with Crippen LogP contribution in [0.5, 0.6) is 0 Å². The number of rotatable bonds is 4. The second-order valence-corrected chi connectivity index (χ2v) is 6.61. The molecule has 1 aliphatic carbocycles. The Morgan fingerprint density at radius 2 is 2.05 bits per heavy atom. The van der Waals surface area contributed by atoms with Gasteiger partial charge >= 0.3 is 11.0 Å². The van der Waals surface area contributed by atoms with Gasteiger partial charge in [-0.15, -0.1) is 0 Å². The summed E-state index contributed by atoms with van der Waals surface area (Å²) in [6, 6.07) is 2.74. The van der Waals surface area contributed by atoms with E-state index in [1.807, 2.05) is 0 Å². The van der Waals surface area contributed by atoms with Crippen molar-refractivity contribution in [3.05, 3.63) is 27.1 Å². The third kappa shape index (κ3) is 2.63. The zero-order valence-electron chi connectivity index (χ0n) is 11.1. The Kier molecular flexibility index (Phi) is 3.40. The van der Waals surface area contributed by atoms with Crippen molar-refractivity contribution in [2.75, 3.05) is 13.1 Å². The molecule has 2 aliphatic rings. The predicted molar refractivity (Wildman–Crippen MR) is 74.2 cm³/mol. The number of nitrogens with zero attached hydrogens (tertiary/aromatic N) is 2. The van der Waals surface area contributed by atoms with E-state index in [1.165, 1.54) is 17.0 Å². The molecular weight excluding hydrogens is 296 g/mol. The molecule has 3 rings (SSSR count). The number of amides is 1. The Bertz CT molecular complexity index is 609. The first-order valence-electron chi connectivity index (χ1n) is 6.73. The summed E-state index contributed by atoms with van der Waals surface area (Å²) in [5.74, 6) is -1.26. The molecule has 8 heteroatoms. The van der Waals surface area contributed by atoms with Gasteiger partial charge in [0.15, 0.2) is 0 Å². The molecule has 0 spiro atoms. The molecule has 0 radical (unpaired) electrons. The second-order valence-electron chi connectivity index (χ2n) is 5.55. The fraction of sp³-hybridized carbons (Fsp3) is 0.538. The average molecular weight is 310 g/mol. The lowest BCUT2D eigenvalue weighted by Gasteiger charge is -2.14. The van der Waals surface area contributed by atoms with Gasteiger partial charge in [0.2, 0.25) is 0 Å².